The Bertz CT molecular complexity index is 771. The minimum absolute atomic E-state index is 0.130. The molecule has 1 aromatic carbocycles. The molecule has 1 N–H and O–H groups in total. The molecule has 130 valence electrons. The highest BCUT2D eigenvalue weighted by atomic mass is 16.5. The molecule has 3 aliphatic rings. The number of amides is 1. The number of carboxylic acids is 1. The van der Waals surface area contributed by atoms with Gasteiger partial charge in [-0.15, -0.1) is 6.58 Å². The van der Waals surface area contributed by atoms with Crippen molar-refractivity contribution in [3.8, 4) is 0 Å². The van der Waals surface area contributed by atoms with Crippen LogP contribution in [0.25, 0.3) is 0 Å². The zero-order valence-corrected chi connectivity index (χ0v) is 14.1. The van der Waals surface area contributed by atoms with E-state index in [1.165, 1.54) is 0 Å². The molecule has 3 heterocycles. The number of hydrogen-bond donors (Lipinski definition) is 1. The summed E-state index contributed by atoms with van der Waals surface area (Å²) in [5.41, 5.74) is 1.12. The van der Waals surface area contributed by atoms with E-state index in [0.717, 1.165) is 11.1 Å². The summed E-state index contributed by atoms with van der Waals surface area (Å²) in [6, 6.07) is 9.52. The quantitative estimate of drug-likeness (QED) is 0.837. The van der Waals surface area contributed by atoms with Crippen LogP contribution in [0, 0.1) is 11.8 Å². The molecule has 1 amide bonds. The molecule has 2 bridgehead atoms. The fourth-order valence-electron chi connectivity index (χ4n) is 4.57. The van der Waals surface area contributed by atoms with Crippen molar-refractivity contribution < 1.29 is 19.4 Å². The molecule has 0 radical (unpaired) electrons. The van der Waals surface area contributed by atoms with E-state index in [4.69, 9.17) is 4.74 Å². The van der Waals surface area contributed by atoms with Crippen LogP contribution in [0.2, 0.25) is 0 Å². The largest absolute Gasteiger partial charge is 0.481 e. The Balaban J connectivity index is 1.74. The maximum Gasteiger partial charge on any atom is 0.310 e. The Morgan fingerprint density at radius 2 is 2.08 bits per heavy atom. The number of benzene rings is 1. The molecule has 5 nitrogen and oxygen atoms in total. The molecule has 25 heavy (non-hydrogen) atoms. The highest BCUT2D eigenvalue weighted by Crippen LogP contribution is 2.56. The van der Waals surface area contributed by atoms with Gasteiger partial charge in [0.15, 0.2) is 0 Å². The lowest BCUT2D eigenvalue weighted by molar-refractivity contribution is -0.148. The third kappa shape index (κ3) is 2.26. The number of aliphatic carboxylic acids is 1. The van der Waals surface area contributed by atoms with Gasteiger partial charge < -0.3 is 14.7 Å². The average Bonchev–Trinajstić information content (AvgIpc) is 3.20. The standard InChI is InChI=1S/C20H21NO4/c1-12(2)10-15-20-9-8-14(25-20)16(19(23)24)17(20)18(22)21(15)11-13-6-4-3-5-7-13/h3-9,14-17H,1,10-11H2,2H3,(H,23,24)/t14-,15?,16-,17+,20-/m1/s1. The van der Waals surface area contributed by atoms with Crippen molar-refractivity contribution >= 4 is 11.9 Å². The smallest absolute Gasteiger partial charge is 0.310 e. The number of likely N-dealkylation sites (tertiary alicyclic amines) is 1. The molecule has 5 heteroatoms. The first kappa shape index (κ1) is 16.1. The molecule has 2 saturated heterocycles. The summed E-state index contributed by atoms with van der Waals surface area (Å²) in [7, 11) is 0. The molecular formula is C20H21NO4. The SMILES string of the molecule is C=C(C)CC1N(Cc2ccccc2)C(=O)[C@@H]2[C@H](C(=O)O)[C@H]3C=C[C@@]12O3. The molecule has 5 atom stereocenters. The summed E-state index contributed by atoms with van der Waals surface area (Å²) in [5.74, 6) is -2.57. The van der Waals surface area contributed by atoms with Gasteiger partial charge in [-0.2, -0.15) is 0 Å². The van der Waals surface area contributed by atoms with Gasteiger partial charge in [-0.1, -0.05) is 48.1 Å². The van der Waals surface area contributed by atoms with E-state index in [9.17, 15) is 14.7 Å². The number of carboxylic acid groups (broad SMARTS) is 1. The Morgan fingerprint density at radius 1 is 1.36 bits per heavy atom. The van der Waals surface area contributed by atoms with E-state index in [0.29, 0.717) is 13.0 Å². The molecule has 1 unspecified atom stereocenters. The number of carbonyl (C=O) groups excluding carboxylic acids is 1. The summed E-state index contributed by atoms with van der Waals surface area (Å²) >= 11 is 0. The van der Waals surface area contributed by atoms with Crippen LogP contribution in [0.1, 0.15) is 18.9 Å². The molecule has 2 fully saturated rings. The summed E-state index contributed by atoms with van der Waals surface area (Å²) < 4.78 is 6.11. The van der Waals surface area contributed by atoms with Gasteiger partial charge in [0, 0.05) is 6.54 Å². The Hall–Kier alpha value is -2.40. The van der Waals surface area contributed by atoms with Crippen LogP contribution >= 0.6 is 0 Å². The van der Waals surface area contributed by atoms with Gasteiger partial charge in [0.2, 0.25) is 5.91 Å². The lowest BCUT2D eigenvalue weighted by Crippen LogP contribution is -2.45. The summed E-state index contributed by atoms with van der Waals surface area (Å²) in [6.07, 6.45) is 3.80. The van der Waals surface area contributed by atoms with Crippen LogP contribution in [0.4, 0.5) is 0 Å². The predicted octanol–water partition coefficient (Wildman–Crippen LogP) is 2.39. The summed E-state index contributed by atoms with van der Waals surface area (Å²) in [6.45, 7) is 6.37. The lowest BCUT2D eigenvalue weighted by atomic mass is 9.74. The van der Waals surface area contributed by atoms with Crippen molar-refractivity contribution in [3.05, 3.63) is 60.2 Å². The van der Waals surface area contributed by atoms with E-state index in [1.807, 2.05) is 43.3 Å². The van der Waals surface area contributed by atoms with Crippen molar-refractivity contribution in [1.82, 2.24) is 4.90 Å². The maximum absolute atomic E-state index is 13.2. The Kier molecular flexibility index (Phi) is 3.58. The Labute approximate surface area is 146 Å². The van der Waals surface area contributed by atoms with Crippen molar-refractivity contribution in [1.29, 1.82) is 0 Å². The highest BCUT2D eigenvalue weighted by molar-refractivity contribution is 5.91. The van der Waals surface area contributed by atoms with Gasteiger partial charge in [0.25, 0.3) is 0 Å². The fraction of sp³-hybridized carbons (Fsp3) is 0.400. The van der Waals surface area contributed by atoms with Crippen molar-refractivity contribution in [2.75, 3.05) is 0 Å². The van der Waals surface area contributed by atoms with Crippen LogP contribution in [-0.4, -0.2) is 39.6 Å². The zero-order valence-electron chi connectivity index (χ0n) is 14.1. The second-order valence-corrected chi connectivity index (χ2v) is 7.27. The minimum atomic E-state index is -0.967. The molecular weight excluding hydrogens is 318 g/mol. The van der Waals surface area contributed by atoms with Gasteiger partial charge in [0.05, 0.1) is 18.1 Å². The van der Waals surface area contributed by atoms with Crippen LogP contribution in [-0.2, 0) is 20.9 Å². The summed E-state index contributed by atoms with van der Waals surface area (Å²) in [5, 5.41) is 9.64. The van der Waals surface area contributed by atoms with Crippen molar-refractivity contribution in [3.63, 3.8) is 0 Å². The highest BCUT2D eigenvalue weighted by Gasteiger charge is 2.70. The third-order valence-corrected chi connectivity index (χ3v) is 5.55. The lowest BCUT2D eigenvalue weighted by Gasteiger charge is -2.33. The first-order valence-corrected chi connectivity index (χ1v) is 8.53. The van der Waals surface area contributed by atoms with Crippen LogP contribution in [0.3, 0.4) is 0 Å². The average molecular weight is 339 g/mol. The van der Waals surface area contributed by atoms with Gasteiger partial charge >= 0.3 is 5.97 Å². The van der Waals surface area contributed by atoms with Gasteiger partial charge in [-0.05, 0) is 18.9 Å². The summed E-state index contributed by atoms with van der Waals surface area (Å²) in [4.78, 5) is 26.8. The molecule has 0 aliphatic carbocycles. The van der Waals surface area contributed by atoms with E-state index in [-0.39, 0.29) is 11.9 Å². The second kappa shape index (κ2) is 5.56. The number of nitrogens with zero attached hydrogens (tertiary/aromatic N) is 1. The van der Waals surface area contributed by atoms with E-state index in [2.05, 4.69) is 6.58 Å². The van der Waals surface area contributed by atoms with Crippen LogP contribution in [0.15, 0.2) is 54.6 Å². The van der Waals surface area contributed by atoms with Gasteiger partial charge in [-0.25, -0.2) is 0 Å². The first-order valence-electron chi connectivity index (χ1n) is 8.53. The predicted molar refractivity (Wildman–Crippen MR) is 91.6 cm³/mol. The van der Waals surface area contributed by atoms with Crippen molar-refractivity contribution in [2.24, 2.45) is 11.8 Å². The third-order valence-electron chi connectivity index (χ3n) is 5.55. The molecule has 0 aromatic heterocycles. The van der Waals surface area contributed by atoms with E-state index >= 15 is 0 Å². The van der Waals surface area contributed by atoms with Gasteiger partial charge in [-0.3, -0.25) is 9.59 Å². The fourth-order valence-corrected chi connectivity index (χ4v) is 4.57. The minimum Gasteiger partial charge on any atom is -0.481 e. The second-order valence-electron chi connectivity index (χ2n) is 7.27. The first-order chi connectivity index (χ1) is 11.9. The maximum atomic E-state index is 13.2. The monoisotopic (exact) mass is 339 g/mol. The number of ether oxygens (including phenoxy) is 1. The van der Waals surface area contributed by atoms with Crippen molar-refractivity contribution in [2.45, 2.75) is 37.6 Å². The Morgan fingerprint density at radius 3 is 2.72 bits per heavy atom. The molecule has 0 saturated carbocycles. The number of fused-ring (bicyclic) bond motifs is 1. The van der Waals surface area contributed by atoms with Crippen LogP contribution < -0.4 is 0 Å². The van der Waals surface area contributed by atoms with E-state index < -0.39 is 29.5 Å². The zero-order chi connectivity index (χ0) is 17.8. The topological polar surface area (TPSA) is 66.8 Å². The number of carbonyl (C=O) groups is 2. The molecule has 1 spiro atoms. The molecule has 1 aromatic rings. The number of rotatable bonds is 5. The normalized spacial score (nSPS) is 35.2. The van der Waals surface area contributed by atoms with E-state index in [1.54, 1.807) is 11.0 Å². The molecule has 3 aliphatic heterocycles. The van der Waals surface area contributed by atoms with Crippen LogP contribution in [0.5, 0.6) is 0 Å². The van der Waals surface area contributed by atoms with Gasteiger partial charge in [0.1, 0.15) is 11.5 Å². The number of hydrogen-bond acceptors (Lipinski definition) is 3. The molecule has 4 rings (SSSR count).